The Morgan fingerprint density at radius 3 is 2.10 bits per heavy atom. The summed E-state index contributed by atoms with van der Waals surface area (Å²) < 4.78 is 45.3. The number of alkyl halides is 1. The standard InChI is InChI=1S/C24H38FN4O9P/c1-5-7-12-36-22(32)15(3)27-39(35,28-16(4)23(33)37-13-8-6-2)14-10-17-20(31)19(25)21(38-17)29-11-9-18(30)26-24(29)34/h9,11,15-17,19,21H,5-8,10,12-14H2,1-4H3,(H,26,30,34)(H2,27,28,35)/t15-,16-,17+,19+,21+/m0/s1. The van der Waals surface area contributed by atoms with Crippen LogP contribution in [-0.2, 0) is 33.2 Å². The Morgan fingerprint density at radius 1 is 1.08 bits per heavy atom. The lowest BCUT2D eigenvalue weighted by molar-refractivity contribution is -0.145. The molecule has 1 aliphatic rings. The minimum Gasteiger partial charge on any atom is -0.465 e. The van der Waals surface area contributed by atoms with Crippen molar-refractivity contribution in [1.82, 2.24) is 19.7 Å². The maximum absolute atomic E-state index is 14.8. The first-order chi connectivity index (χ1) is 18.4. The summed E-state index contributed by atoms with van der Waals surface area (Å²) in [5.74, 6) is -2.28. The topological polar surface area (TPSA) is 175 Å². The van der Waals surface area contributed by atoms with Gasteiger partial charge in [0.1, 0.15) is 18.2 Å². The highest BCUT2D eigenvalue weighted by Gasteiger charge is 2.46. The van der Waals surface area contributed by atoms with Crippen molar-refractivity contribution in [2.24, 2.45) is 0 Å². The molecule has 39 heavy (non-hydrogen) atoms. The van der Waals surface area contributed by atoms with Gasteiger partial charge in [0.2, 0.25) is 13.6 Å². The molecule has 0 aliphatic carbocycles. The van der Waals surface area contributed by atoms with Gasteiger partial charge in [0.25, 0.3) is 5.56 Å². The summed E-state index contributed by atoms with van der Waals surface area (Å²) in [7, 11) is -3.80. The molecule has 0 bridgehead atoms. The summed E-state index contributed by atoms with van der Waals surface area (Å²) in [5.41, 5.74) is -1.65. The summed E-state index contributed by atoms with van der Waals surface area (Å²) >= 11 is 0. The number of aromatic amines is 1. The predicted molar refractivity (Wildman–Crippen MR) is 139 cm³/mol. The Hall–Kier alpha value is -2.67. The molecule has 3 N–H and O–H groups in total. The molecule has 1 aliphatic heterocycles. The first-order valence-corrected chi connectivity index (χ1v) is 14.9. The quantitative estimate of drug-likeness (QED) is 0.148. The van der Waals surface area contributed by atoms with Gasteiger partial charge in [0.15, 0.2) is 12.0 Å². The van der Waals surface area contributed by atoms with Crippen molar-refractivity contribution in [3.05, 3.63) is 33.1 Å². The fraction of sp³-hybridized carbons (Fsp3) is 0.708. The van der Waals surface area contributed by atoms with E-state index in [1.807, 2.05) is 18.8 Å². The molecule has 0 aromatic carbocycles. The Balaban J connectivity index is 2.16. The molecule has 15 heteroatoms. The maximum Gasteiger partial charge on any atom is 0.330 e. The maximum atomic E-state index is 14.8. The van der Waals surface area contributed by atoms with Crippen LogP contribution in [0.1, 0.15) is 66.0 Å². The van der Waals surface area contributed by atoms with E-state index in [1.165, 1.54) is 13.8 Å². The first-order valence-electron chi connectivity index (χ1n) is 13.0. The lowest BCUT2D eigenvalue weighted by Gasteiger charge is -2.27. The third kappa shape index (κ3) is 9.48. The Bertz CT molecular complexity index is 1120. The molecule has 1 saturated heterocycles. The zero-order valence-electron chi connectivity index (χ0n) is 22.6. The molecule has 0 radical (unpaired) electrons. The molecular formula is C24H38FN4O9P. The van der Waals surface area contributed by atoms with Gasteiger partial charge >= 0.3 is 17.6 Å². The average Bonchev–Trinajstić information content (AvgIpc) is 3.16. The van der Waals surface area contributed by atoms with Gasteiger partial charge in [-0.3, -0.25) is 33.3 Å². The van der Waals surface area contributed by atoms with Gasteiger partial charge in [-0.2, -0.15) is 0 Å². The Kier molecular flexibility index (Phi) is 12.7. The number of Topliss-reactive ketones (excluding diaryl/α,β-unsaturated/α-hetero) is 1. The minimum absolute atomic E-state index is 0.188. The van der Waals surface area contributed by atoms with Crippen molar-refractivity contribution in [2.75, 3.05) is 19.4 Å². The van der Waals surface area contributed by atoms with Crippen LogP contribution in [0.5, 0.6) is 0 Å². The van der Waals surface area contributed by atoms with Crippen LogP contribution >= 0.6 is 7.44 Å². The molecule has 220 valence electrons. The lowest BCUT2D eigenvalue weighted by Crippen LogP contribution is -2.43. The van der Waals surface area contributed by atoms with E-state index in [1.54, 1.807) is 0 Å². The highest BCUT2D eigenvalue weighted by Crippen LogP contribution is 2.41. The highest BCUT2D eigenvalue weighted by molar-refractivity contribution is 7.59. The largest absolute Gasteiger partial charge is 0.465 e. The van der Waals surface area contributed by atoms with E-state index in [0.29, 0.717) is 12.8 Å². The summed E-state index contributed by atoms with van der Waals surface area (Å²) in [4.78, 5) is 62.7. The Labute approximate surface area is 225 Å². The van der Waals surface area contributed by atoms with Gasteiger partial charge < -0.3 is 14.2 Å². The summed E-state index contributed by atoms with van der Waals surface area (Å²) in [6.07, 6.45) is -1.85. The molecular weight excluding hydrogens is 538 g/mol. The fourth-order valence-corrected chi connectivity index (χ4v) is 6.14. The number of ketones is 1. The van der Waals surface area contributed by atoms with Gasteiger partial charge in [0, 0.05) is 18.4 Å². The number of ether oxygens (including phenoxy) is 3. The SMILES string of the molecule is CCCCOC(=O)[C@H](C)NP(=O)(CC[C@H]1O[C@@H](n2ccc(=O)[nH]c2=O)[C@H](F)C1=O)N[C@@H](C)C(=O)OCCCC. The van der Waals surface area contributed by atoms with E-state index in [9.17, 15) is 32.9 Å². The number of rotatable bonds is 16. The van der Waals surface area contributed by atoms with Crippen molar-refractivity contribution in [3.8, 4) is 0 Å². The second-order valence-corrected chi connectivity index (χ2v) is 11.8. The minimum atomic E-state index is -3.80. The monoisotopic (exact) mass is 576 g/mol. The van der Waals surface area contributed by atoms with Crippen LogP contribution in [0.25, 0.3) is 0 Å². The van der Waals surface area contributed by atoms with E-state index in [-0.39, 0.29) is 25.8 Å². The predicted octanol–water partition coefficient (Wildman–Crippen LogP) is 1.57. The van der Waals surface area contributed by atoms with E-state index >= 15 is 0 Å². The molecule has 13 nitrogen and oxygen atoms in total. The number of aromatic nitrogens is 2. The molecule has 1 aromatic heterocycles. The number of halogens is 1. The molecule has 2 heterocycles. The van der Waals surface area contributed by atoms with Crippen LogP contribution in [-0.4, -0.2) is 71.0 Å². The van der Waals surface area contributed by atoms with Gasteiger partial charge in [-0.1, -0.05) is 26.7 Å². The van der Waals surface area contributed by atoms with Crippen molar-refractivity contribution >= 4 is 25.2 Å². The van der Waals surface area contributed by atoms with E-state index < -0.39 is 67.0 Å². The number of nitrogens with zero attached hydrogens (tertiary/aromatic N) is 1. The number of nitrogens with one attached hydrogen (secondary N) is 3. The normalized spacial score (nSPS) is 20.9. The number of carbonyl (C=O) groups excluding carboxylic acids is 3. The van der Waals surface area contributed by atoms with E-state index in [0.717, 1.165) is 29.7 Å². The van der Waals surface area contributed by atoms with Crippen LogP contribution in [0, 0.1) is 0 Å². The van der Waals surface area contributed by atoms with E-state index in [2.05, 4.69) is 10.2 Å². The second kappa shape index (κ2) is 15.2. The van der Waals surface area contributed by atoms with Gasteiger partial charge in [-0.05, 0) is 33.1 Å². The van der Waals surface area contributed by atoms with Crippen LogP contribution in [0.2, 0.25) is 0 Å². The fourth-order valence-electron chi connectivity index (χ4n) is 3.75. The number of unbranched alkanes of at least 4 members (excludes halogenated alkanes) is 2. The van der Waals surface area contributed by atoms with Gasteiger partial charge in [0.05, 0.1) is 13.2 Å². The van der Waals surface area contributed by atoms with Crippen LogP contribution < -0.4 is 21.4 Å². The average molecular weight is 577 g/mol. The first kappa shape index (κ1) is 32.5. The molecule has 0 saturated carbocycles. The third-order valence-electron chi connectivity index (χ3n) is 5.97. The van der Waals surface area contributed by atoms with E-state index in [4.69, 9.17) is 14.2 Å². The molecule has 2 rings (SSSR count). The van der Waals surface area contributed by atoms with Gasteiger partial charge in [-0.25, -0.2) is 19.4 Å². The lowest BCUT2D eigenvalue weighted by atomic mass is 10.1. The summed E-state index contributed by atoms with van der Waals surface area (Å²) in [6.45, 7) is 7.13. The highest BCUT2D eigenvalue weighted by atomic mass is 31.2. The van der Waals surface area contributed by atoms with Gasteiger partial charge in [-0.15, -0.1) is 0 Å². The molecule has 1 fully saturated rings. The zero-order valence-corrected chi connectivity index (χ0v) is 23.5. The van der Waals surface area contributed by atoms with Crippen molar-refractivity contribution in [3.63, 3.8) is 0 Å². The number of hydrogen-bond acceptors (Lipinski definition) is 9. The second-order valence-electron chi connectivity index (χ2n) is 9.33. The molecule has 0 spiro atoms. The molecule has 0 unspecified atom stereocenters. The zero-order chi connectivity index (χ0) is 29.2. The number of hydrogen-bond donors (Lipinski definition) is 3. The Morgan fingerprint density at radius 2 is 1.62 bits per heavy atom. The third-order valence-corrected chi connectivity index (χ3v) is 8.47. The summed E-state index contributed by atoms with van der Waals surface area (Å²) in [6, 6.07) is -1.09. The van der Waals surface area contributed by atoms with Crippen LogP contribution in [0.15, 0.2) is 21.9 Å². The van der Waals surface area contributed by atoms with Crippen LogP contribution in [0.4, 0.5) is 4.39 Å². The molecule has 1 aromatic rings. The van der Waals surface area contributed by atoms with Crippen molar-refractivity contribution < 1.29 is 37.5 Å². The van der Waals surface area contributed by atoms with Crippen molar-refractivity contribution in [2.45, 2.75) is 90.4 Å². The van der Waals surface area contributed by atoms with Crippen molar-refractivity contribution in [1.29, 1.82) is 0 Å². The number of carbonyl (C=O) groups is 3. The number of esters is 2. The number of H-pyrrole nitrogens is 1. The summed E-state index contributed by atoms with van der Waals surface area (Å²) in [5, 5.41) is 5.38. The molecule has 5 atom stereocenters. The van der Waals surface area contributed by atoms with Crippen LogP contribution in [0.3, 0.4) is 0 Å². The molecule has 0 amide bonds. The smallest absolute Gasteiger partial charge is 0.330 e.